The molecule has 0 amide bonds. The maximum Gasteiger partial charge on any atom is 0.161 e. The standard InChI is InChI=1S/C16H24N2S/c1-11-6-7-12(2)13(10-11)17-15-18-14(8-9-19-15)16(3,4)5/h6-7,10,14H,8-9H2,1-5H3,(H,17,18). The van der Waals surface area contributed by atoms with E-state index in [4.69, 9.17) is 4.99 Å². The van der Waals surface area contributed by atoms with Crippen molar-refractivity contribution in [2.24, 2.45) is 10.4 Å². The Hall–Kier alpha value is -0.960. The van der Waals surface area contributed by atoms with Crippen molar-refractivity contribution in [3.05, 3.63) is 29.3 Å². The van der Waals surface area contributed by atoms with Gasteiger partial charge in [0.1, 0.15) is 0 Å². The molecule has 19 heavy (non-hydrogen) atoms. The fourth-order valence-corrected chi connectivity index (χ4v) is 3.11. The van der Waals surface area contributed by atoms with Crippen LogP contribution in [-0.4, -0.2) is 17.0 Å². The van der Waals surface area contributed by atoms with Gasteiger partial charge in [-0.25, -0.2) is 0 Å². The Balaban J connectivity index is 2.18. The van der Waals surface area contributed by atoms with Crippen molar-refractivity contribution < 1.29 is 0 Å². The molecule has 1 aliphatic heterocycles. The third kappa shape index (κ3) is 3.75. The van der Waals surface area contributed by atoms with Crippen LogP contribution in [0.4, 0.5) is 5.69 Å². The normalized spacial score (nSPS) is 20.1. The van der Waals surface area contributed by atoms with Crippen molar-refractivity contribution in [1.29, 1.82) is 0 Å². The van der Waals surface area contributed by atoms with Crippen molar-refractivity contribution in [1.82, 2.24) is 0 Å². The zero-order valence-electron chi connectivity index (χ0n) is 12.6. The molecule has 1 aromatic rings. The SMILES string of the molecule is Cc1ccc(C)c(NC2=NC(C(C)(C)C)CCS2)c1. The molecule has 0 bridgehead atoms. The number of thioether (sulfide) groups is 1. The Morgan fingerprint density at radius 2 is 2.00 bits per heavy atom. The molecule has 1 N–H and O–H groups in total. The summed E-state index contributed by atoms with van der Waals surface area (Å²) in [6.45, 7) is 11.1. The van der Waals surface area contributed by atoms with Crippen LogP contribution in [0.25, 0.3) is 0 Å². The van der Waals surface area contributed by atoms with Gasteiger partial charge in [0.2, 0.25) is 0 Å². The Morgan fingerprint density at radius 1 is 1.26 bits per heavy atom. The molecule has 0 aliphatic carbocycles. The molecule has 2 rings (SSSR count). The van der Waals surface area contributed by atoms with Gasteiger partial charge in [-0.1, -0.05) is 44.7 Å². The molecule has 1 atom stereocenters. The minimum absolute atomic E-state index is 0.246. The van der Waals surface area contributed by atoms with Gasteiger partial charge < -0.3 is 5.32 Å². The maximum absolute atomic E-state index is 4.89. The number of hydrogen-bond donors (Lipinski definition) is 1. The Kier molecular flexibility index (Phi) is 4.24. The molecule has 0 saturated carbocycles. The lowest BCUT2D eigenvalue weighted by molar-refractivity contribution is 0.316. The Bertz CT molecular complexity index is 486. The van der Waals surface area contributed by atoms with Crippen molar-refractivity contribution in [3.63, 3.8) is 0 Å². The van der Waals surface area contributed by atoms with Gasteiger partial charge in [-0.2, -0.15) is 0 Å². The average molecular weight is 276 g/mol. The molecule has 2 nitrogen and oxygen atoms in total. The Morgan fingerprint density at radius 3 is 2.68 bits per heavy atom. The summed E-state index contributed by atoms with van der Waals surface area (Å²) in [5, 5.41) is 4.57. The third-order valence-electron chi connectivity index (χ3n) is 3.54. The molecule has 1 aliphatic rings. The van der Waals surface area contributed by atoms with Crippen molar-refractivity contribution in [2.45, 2.75) is 47.1 Å². The van der Waals surface area contributed by atoms with Gasteiger partial charge in [-0.05, 0) is 42.9 Å². The summed E-state index contributed by atoms with van der Waals surface area (Å²) < 4.78 is 0. The molecule has 1 aromatic carbocycles. The second-order valence-electron chi connectivity index (χ2n) is 6.40. The van der Waals surface area contributed by atoms with Gasteiger partial charge in [-0.3, -0.25) is 4.99 Å². The predicted octanol–water partition coefficient (Wildman–Crippen LogP) is 4.62. The van der Waals surface area contributed by atoms with Crippen LogP contribution in [0.5, 0.6) is 0 Å². The van der Waals surface area contributed by atoms with E-state index in [0.29, 0.717) is 6.04 Å². The van der Waals surface area contributed by atoms with Gasteiger partial charge in [0.05, 0.1) is 6.04 Å². The van der Waals surface area contributed by atoms with E-state index >= 15 is 0 Å². The fraction of sp³-hybridized carbons (Fsp3) is 0.562. The number of nitrogens with zero attached hydrogens (tertiary/aromatic N) is 1. The molecular weight excluding hydrogens is 252 g/mol. The quantitative estimate of drug-likeness (QED) is 0.809. The predicted molar refractivity (Wildman–Crippen MR) is 87.3 cm³/mol. The van der Waals surface area contributed by atoms with E-state index in [9.17, 15) is 0 Å². The van der Waals surface area contributed by atoms with E-state index in [0.717, 1.165) is 10.9 Å². The summed E-state index contributed by atoms with van der Waals surface area (Å²) in [4.78, 5) is 4.89. The lowest BCUT2D eigenvalue weighted by atomic mass is 9.85. The lowest BCUT2D eigenvalue weighted by Crippen LogP contribution is -2.30. The van der Waals surface area contributed by atoms with Crippen LogP contribution < -0.4 is 5.32 Å². The van der Waals surface area contributed by atoms with Crippen LogP contribution in [-0.2, 0) is 0 Å². The zero-order chi connectivity index (χ0) is 14.0. The van der Waals surface area contributed by atoms with Crippen LogP contribution in [0.15, 0.2) is 23.2 Å². The van der Waals surface area contributed by atoms with Crippen molar-refractivity contribution >= 4 is 22.6 Å². The molecule has 0 saturated heterocycles. The van der Waals surface area contributed by atoms with Crippen molar-refractivity contribution in [2.75, 3.05) is 11.1 Å². The fourth-order valence-electron chi connectivity index (χ4n) is 2.19. The number of aliphatic imine (C=N–C) groups is 1. The Labute approximate surface area is 121 Å². The summed E-state index contributed by atoms with van der Waals surface area (Å²) >= 11 is 1.83. The topological polar surface area (TPSA) is 24.4 Å². The van der Waals surface area contributed by atoms with Crippen LogP contribution in [0, 0.1) is 19.3 Å². The highest BCUT2D eigenvalue weighted by molar-refractivity contribution is 8.14. The lowest BCUT2D eigenvalue weighted by Gasteiger charge is -2.31. The van der Waals surface area contributed by atoms with E-state index in [1.807, 2.05) is 11.8 Å². The molecule has 0 aromatic heterocycles. The van der Waals surface area contributed by atoms with E-state index in [1.54, 1.807) is 0 Å². The number of aryl methyl sites for hydroxylation is 2. The van der Waals surface area contributed by atoms with Crippen LogP contribution in [0.1, 0.15) is 38.3 Å². The second-order valence-corrected chi connectivity index (χ2v) is 7.48. The summed E-state index contributed by atoms with van der Waals surface area (Å²) in [6, 6.07) is 6.92. The summed E-state index contributed by atoms with van der Waals surface area (Å²) in [7, 11) is 0. The number of hydrogen-bond acceptors (Lipinski definition) is 3. The van der Waals surface area contributed by atoms with Gasteiger partial charge >= 0.3 is 0 Å². The monoisotopic (exact) mass is 276 g/mol. The summed E-state index contributed by atoms with van der Waals surface area (Å²) in [5.74, 6) is 1.15. The van der Waals surface area contributed by atoms with Gasteiger partial charge in [0.25, 0.3) is 0 Å². The van der Waals surface area contributed by atoms with Crippen LogP contribution >= 0.6 is 11.8 Å². The minimum Gasteiger partial charge on any atom is -0.335 e. The largest absolute Gasteiger partial charge is 0.335 e. The number of amidine groups is 1. The van der Waals surface area contributed by atoms with E-state index in [1.165, 1.54) is 23.2 Å². The third-order valence-corrected chi connectivity index (χ3v) is 4.46. The molecule has 1 unspecified atom stereocenters. The molecular formula is C16H24N2S. The highest BCUT2D eigenvalue weighted by Crippen LogP contribution is 2.31. The number of rotatable bonds is 1. The molecule has 0 radical (unpaired) electrons. The first kappa shape index (κ1) is 14.4. The smallest absolute Gasteiger partial charge is 0.161 e. The van der Waals surface area contributed by atoms with Crippen LogP contribution in [0.3, 0.4) is 0 Å². The number of nitrogens with one attached hydrogen (secondary N) is 1. The molecule has 0 fully saturated rings. The van der Waals surface area contributed by atoms with E-state index in [2.05, 4.69) is 58.1 Å². The summed E-state index contributed by atoms with van der Waals surface area (Å²) in [5.41, 5.74) is 3.98. The van der Waals surface area contributed by atoms with Crippen molar-refractivity contribution in [3.8, 4) is 0 Å². The second kappa shape index (κ2) is 5.58. The molecule has 1 heterocycles. The van der Waals surface area contributed by atoms with Gasteiger partial charge in [0, 0.05) is 11.4 Å². The molecule has 3 heteroatoms. The first-order chi connectivity index (χ1) is 8.86. The highest BCUT2D eigenvalue weighted by Gasteiger charge is 2.27. The van der Waals surface area contributed by atoms with Crippen LogP contribution in [0.2, 0.25) is 0 Å². The average Bonchev–Trinajstić information content (AvgIpc) is 2.33. The van der Waals surface area contributed by atoms with E-state index < -0.39 is 0 Å². The first-order valence-corrected chi connectivity index (χ1v) is 7.90. The van der Waals surface area contributed by atoms with Gasteiger partial charge in [-0.15, -0.1) is 0 Å². The number of benzene rings is 1. The molecule has 0 spiro atoms. The molecule has 104 valence electrons. The highest BCUT2D eigenvalue weighted by atomic mass is 32.2. The zero-order valence-corrected chi connectivity index (χ0v) is 13.4. The van der Waals surface area contributed by atoms with Gasteiger partial charge in [0.15, 0.2) is 5.17 Å². The number of anilines is 1. The first-order valence-electron chi connectivity index (χ1n) is 6.91. The maximum atomic E-state index is 4.89. The summed E-state index contributed by atoms with van der Waals surface area (Å²) in [6.07, 6.45) is 1.17. The minimum atomic E-state index is 0.246. The van der Waals surface area contributed by atoms with E-state index in [-0.39, 0.29) is 5.41 Å².